The monoisotopic (exact) mass is 353 g/mol. The van der Waals surface area contributed by atoms with Crippen LogP contribution in [0.2, 0.25) is 0 Å². The molecule has 0 aliphatic carbocycles. The number of ether oxygens (including phenoxy) is 2. The second-order valence-corrected chi connectivity index (χ2v) is 11.8. The van der Waals surface area contributed by atoms with E-state index in [1.54, 1.807) is 14.0 Å². The van der Waals surface area contributed by atoms with E-state index in [0.29, 0.717) is 12.6 Å². The molecule has 0 aromatic carbocycles. The fourth-order valence-corrected chi connectivity index (χ4v) is 6.38. The second kappa shape index (κ2) is 10.9. The summed E-state index contributed by atoms with van der Waals surface area (Å²) in [6, 6.07) is -0.340. The first kappa shape index (κ1) is 22.2. The summed E-state index contributed by atoms with van der Waals surface area (Å²) in [5.74, 6) is -0.524. The van der Waals surface area contributed by atoms with Gasteiger partial charge in [-0.25, -0.2) is 0 Å². The zero-order valence-corrected chi connectivity index (χ0v) is 16.0. The van der Waals surface area contributed by atoms with Gasteiger partial charge in [0.2, 0.25) is 0 Å². The molecular formula is C15H32NO6P. The Morgan fingerprint density at radius 2 is 1.78 bits per heavy atom. The second-order valence-electron chi connectivity index (χ2n) is 6.62. The van der Waals surface area contributed by atoms with Crippen molar-refractivity contribution in [2.75, 3.05) is 46.9 Å². The first-order valence-electron chi connectivity index (χ1n) is 7.82. The van der Waals surface area contributed by atoms with Gasteiger partial charge in [-0.1, -0.05) is 0 Å². The number of rotatable bonds is 11. The molecule has 2 N–H and O–H groups in total. The molecule has 0 heterocycles. The van der Waals surface area contributed by atoms with E-state index in [-0.39, 0.29) is 36.4 Å². The molecule has 3 unspecified atom stereocenters. The summed E-state index contributed by atoms with van der Waals surface area (Å²) in [6.07, 6.45) is 2.01. The van der Waals surface area contributed by atoms with Crippen molar-refractivity contribution in [3.8, 4) is 0 Å². The van der Waals surface area contributed by atoms with Crippen molar-refractivity contribution < 1.29 is 29.2 Å². The van der Waals surface area contributed by atoms with Crippen molar-refractivity contribution in [2.45, 2.75) is 31.9 Å². The van der Waals surface area contributed by atoms with Crippen LogP contribution in [0.25, 0.3) is 0 Å². The van der Waals surface area contributed by atoms with Gasteiger partial charge in [-0.05, 0) is 0 Å². The minimum atomic E-state index is -1.80. The molecule has 0 radical (unpaired) electrons. The molecule has 0 aliphatic rings. The van der Waals surface area contributed by atoms with Crippen molar-refractivity contribution in [1.29, 1.82) is 0 Å². The Hall–Kier alpha value is -0.750. The zero-order valence-electron chi connectivity index (χ0n) is 15.0. The topological polar surface area (TPSA) is 94.1 Å². The number of esters is 2. The van der Waals surface area contributed by atoms with Crippen LogP contribution in [0.1, 0.15) is 19.8 Å². The molecule has 3 atom stereocenters. The van der Waals surface area contributed by atoms with Crippen LogP contribution in [0, 0.1) is 5.92 Å². The fourth-order valence-electron chi connectivity index (χ4n) is 2.79. The molecule has 0 aliphatic heterocycles. The summed E-state index contributed by atoms with van der Waals surface area (Å²) in [5.41, 5.74) is 0. The number of carbonyl (C=O) groups is 2. The number of hydrogen-bond donors (Lipinski definition) is 2. The number of likely N-dealkylation sites (N-methyl/N-ethyl adjacent to an activating group) is 1. The van der Waals surface area contributed by atoms with Crippen LogP contribution in [0.5, 0.6) is 0 Å². The maximum atomic E-state index is 11.8. The Bertz CT molecular complexity index is 377. The molecule has 0 aromatic heterocycles. The van der Waals surface area contributed by atoms with Gasteiger partial charge < -0.3 is 0 Å². The molecule has 0 bridgehead atoms. The molecule has 0 rings (SSSR count). The average molecular weight is 353 g/mol. The summed E-state index contributed by atoms with van der Waals surface area (Å²) in [4.78, 5) is 27.6. The van der Waals surface area contributed by atoms with Crippen molar-refractivity contribution in [1.82, 2.24) is 5.32 Å². The molecule has 0 aromatic rings. The molecule has 7 nitrogen and oxygen atoms in total. The van der Waals surface area contributed by atoms with E-state index < -0.39 is 7.26 Å². The minimum absolute atomic E-state index is 0.0240. The van der Waals surface area contributed by atoms with E-state index in [0.717, 1.165) is 6.16 Å². The van der Waals surface area contributed by atoms with Gasteiger partial charge in [-0.15, -0.1) is 0 Å². The van der Waals surface area contributed by atoms with E-state index in [2.05, 4.69) is 28.3 Å². The predicted octanol–water partition coefficient (Wildman–Crippen LogP) is 1.20. The SMILES string of the molecule is CNC(C[PH](C)(C)CC(CCC(=O)OC)C(C)OO)C(=O)OC. The Labute approximate surface area is 139 Å². The van der Waals surface area contributed by atoms with Crippen LogP contribution in [-0.4, -0.2) is 76.3 Å². The molecule has 23 heavy (non-hydrogen) atoms. The third kappa shape index (κ3) is 8.61. The third-order valence-corrected chi connectivity index (χ3v) is 7.33. The normalized spacial score (nSPS) is 16.3. The summed E-state index contributed by atoms with van der Waals surface area (Å²) in [5, 5.41) is 12.0. The van der Waals surface area contributed by atoms with E-state index in [1.807, 2.05) is 0 Å². The Kier molecular flexibility index (Phi) is 10.6. The van der Waals surface area contributed by atoms with Gasteiger partial charge in [-0.3, -0.25) is 0 Å². The predicted molar refractivity (Wildman–Crippen MR) is 92.7 cm³/mol. The summed E-state index contributed by atoms with van der Waals surface area (Å²) >= 11 is 0. The zero-order chi connectivity index (χ0) is 18.0. The van der Waals surface area contributed by atoms with E-state index >= 15 is 0 Å². The van der Waals surface area contributed by atoms with E-state index in [1.165, 1.54) is 14.2 Å². The first-order chi connectivity index (χ1) is 10.7. The number of carbonyl (C=O) groups excluding carboxylic acids is 2. The van der Waals surface area contributed by atoms with Crippen LogP contribution >= 0.6 is 7.26 Å². The molecule has 0 amide bonds. The standard InChI is InChI=1S/C15H32NO6P/c1-11(22-19)12(7-8-14(17)20-3)9-23(5,6)10-13(16-2)15(18)21-4/h11-13,16,19,23H,7-10H2,1-6H3. The van der Waals surface area contributed by atoms with Crippen molar-refractivity contribution in [2.24, 2.45) is 5.92 Å². The summed E-state index contributed by atoms with van der Waals surface area (Å²) in [7, 11) is 2.67. The molecule has 0 saturated carbocycles. The van der Waals surface area contributed by atoms with E-state index in [4.69, 9.17) is 9.99 Å². The average Bonchev–Trinajstić information content (AvgIpc) is 2.54. The van der Waals surface area contributed by atoms with E-state index in [9.17, 15) is 9.59 Å². The van der Waals surface area contributed by atoms with Crippen LogP contribution in [-0.2, 0) is 24.0 Å². The van der Waals surface area contributed by atoms with Gasteiger partial charge in [-0.2, -0.15) is 0 Å². The molecule has 0 saturated heterocycles. The van der Waals surface area contributed by atoms with Crippen LogP contribution < -0.4 is 5.32 Å². The van der Waals surface area contributed by atoms with Crippen molar-refractivity contribution in [3.05, 3.63) is 0 Å². The van der Waals surface area contributed by atoms with Gasteiger partial charge in [0, 0.05) is 0 Å². The van der Waals surface area contributed by atoms with Gasteiger partial charge in [0.05, 0.1) is 0 Å². The van der Waals surface area contributed by atoms with Gasteiger partial charge in [0.15, 0.2) is 0 Å². The van der Waals surface area contributed by atoms with Gasteiger partial charge in [0.25, 0.3) is 0 Å². The number of hydrogen-bond acceptors (Lipinski definition) is 7. The Morgan fingerprint density at radius 1 is 1.17 bits per heavy atom. The summed E-state index contributed by atoms with van der Waals surface area (Å²) in [6.45, 7) is 6.13. The number of nitrogens with one attached hydrogen (secondary N) is 1. The van der Waals surface area contributed by atoms with Crippen molar-refractivity contribution in [3.63, 3.8) is 0 Å². The Morgan fingerprint density at radius 3 is 2.22 bits per heavy atom. The van der Waals surface area contributed by atoms with Crippen LogP contribution in [0.15, 0.2) is 0 Å². The molecule has 0 fully saturated rings. The van der Waals surface area contributed by atoms with Crippen LogP contribution in [0.4, 0.5) is 0 Å². The molecular weight excluding hydrogens is 321 g/mol. The Balaban J connectivity index is 4.85. The van der Waals surface area contributed by atoms with Crippen molar-refractivity contribution >= 4 is 19.2 Å². The quantitative estimate of drug-likeness (QED) is 0.249. The van der Waals surface area contributed by atoms with Gasteiger partial charge >= 0.3 is 138 Å². The fraction of sp³-hybridized carbons (Fsp3) is 0.867. The van der Waals surface area contributed by atoms with Crippen LogP contribution in [0.3, 0.4) is 0 Å². The van der Waals surface area contributed by atoms with Gasteiger partial charge in [0.1, 0.15) is 0 Å². The summed E-state index contributed by atoms with van der Waals surface area (Å²) < 4.78 is 9.48. The molecule has 0 spiro atoms. The molecule has 8 heteroatoms. The molecule has 138 valence electrons. The first-order valence-corrected chi connectivity index (χ1v) is 11.2. The number of methoxy groups -OCH3 is 2. The third-order valence-electron chi connectivity index (χ3n) is 4.18. The maximum absolute atomic E-state index is 11.8.